The molecule has 1 aromatic carbocycles. The van der Waals surface area contributed by atoms with E-state index in [1.54, 1.807) is 0 Å². The molecule has 1 heterocycles. The van der Waals surface area contributed by atoms with E-state index in [9.17, 15) is 0 Å². The molecule has 1 aromatic rings. The van der Waals surface area contributed by atoms with E-state index in [1.807, 2.05) is 13.2 Å². The first-order valence-corrected chi connectivity index (χ1v) is 10.1. The zero-order chi connectivity index (χ0) is 15.8. The summed E-state index contributed by atoms with van der Waals surface area (Å²) >= 11 is 0. The number of hydrogen-bond donors (Lipinski definition) is 0. The summed E-state index contributed by atoms with van der Waals surface area (Å²) in [7, 11) is 3.38. The predicted octanol–water partition coefficient (Wildman–Crippen LogP) is 1.85. The van der Waals surface area contributed by atoms with Gasteiger partial charge in [0.2, 0.25) is 0 Å². The molecule has 0 saturated carbocycles. The zero-order valence-corrected chi connectivity index (χ0v) is 15.1. The van der Waals surface area contributed by atoms with Gasteiger partial charge in [-0.3, -0.25) is 0 Å². The highest BCUT2D eigenvalue weighted by Crippen LogP contribution is 2.08. The van der Waals surface area contributed by atoms with E-state index in [0.717, 1.165) is 6.23 Å². The minimum Gasteiger partial charge on any atom is -0.388 e. The van der Waals surface area contributed by atoms with Crippen LogP contribution in [0.5, 0.6) is 0 Å². The molecule has 0 spiro atoms. The number of nitrogens with zero attached hydrogens (tertiary/aromatic N) is 2. The number of ether oxygens (including phenoxy) is 1. The van der Waals surface area contributed by atoms with E-state index in [1.165, 1.54) is 55.9 Å². The second-order valence-electron chi connectivity index (χ2n) is 6.08. The summed E-state index contributed by atoms with van der Waals surface area (Å²) < 4.78 is 5.51. The Morgan fingerprint density at radius 1 is 1.23 bits per heavy atom. The highest BCUT2D eigenvalue weighted by atomic mass is 28.3. The van der Waals surface area contributed by atoms with Gasteiger partial charge in [0.15, 0.2) is 0 Å². The van der Waals surface area contributed by atoms with Crippen LogP contribution in [0.2, 0.25) is 6.04 Å². The standard InChI is InChI=1S/C18H29N2OSi/c1-4-17-8-5-6-9-18(17)22(16-21-3)15-7-10-20-13-11-19(2)12-14-20/h4-6,8-9H,1,7,10-16H2,2-3H3. The van der Waals surface area contributed by atoms with Crippen molar-refractivity contribution in [1.29, 1.82) is 0 Å². The maximum atomic E-state index is 5.51. The number of likely N-dealkylation sites (N-methyl/N-ethyl adjacent to an activating group) is 1. The summed E-state index contributed by atoms with van der Waals surface area (Å²) in [5, 5.41) is 1.47. The third-order valence-corrected chi connectivity index (χ3v) is 7.24. The second kappa shape index (κ2) is 9.25. The third kappa shape index (κ3) is 5.06. The van der Waals surface area contributed by atoms with Crippen LogP contribution < -0.4 is 5.19 Å². The predicted molar refractivity (Wildman–Crippen MR) is 97.2 cm³/mol. The first kappa shape index (κ1) is 17.4. The van der Waals surface area contributed by atoms with Gasteiger partial charge in [-0.05, 0) is 25.6 Å². The molecule has 1 aliphatic heterocycles. The lowest BCUT2D eigenvalue weighted by atomic mass is 10.2. The molecule has 3 nitrogen and oxygen atoms in total. The molecular formula is C18H29N2OSi. The Labute approximate surface area is 137 Å². The first-order chi connectivity index (χ1) is 10.7. The van der Waals surface area contributed by atoms with Crippen molar-refractivity contribution >= 4 is 20.1 Å². The Morgan fingerprint density at radius 3 is 2.64 bits per heavy atom. The van der Waals surface area contributed by atoms with Crippen molar-refractivity contribution in [2.24, 2.45) is 0 Å². The summed E-state index contributed by atoms with van der Waals surface area (Å²) in [6.07, 6.45) is 4.14. The van der Waals surface area contributed by atoms with Crippen molar-refractivity contribution in [3.63, 3.8) is 0 Å². The van der Waals surface area contributed by atoms with Crippen molar-refractivity contribution in [1.82, 2.24) is 9.80 Å². The van der Waals surface area contributed by atoms with E-state index >= 15 is 0 Å². The van der Waals surface area contributed by atoms with Crippen LogP contribution in [0.4, 0.5) is 0 Å². The smallest absolute Gasteiger partial charge is 0.117 e. The van der Waals surface area contributed by atoms with Crippen LogP contribution in [0.1, 0.15) is 12.0 Å². The molecule has 22 heavy (non-hydrogen) atoms. The van der Waals surface area contributed by atoms with Gasteiger partial charge in [-0.15, -0.1) is 0 Å². The van der Waals surface area contributed by atoms with Crippen molar-refractivity contribution in [2.75, 3.05) is 53.1 Å². The summed E-state index contributed by atoms with van der Waals surface area (Å²) in [5.74, 6) is 0. The summed E-state index contributed by atoms with van der Waals surface area (Å²) in [6.45, 7) is 10.0. The molecule has 4 heteroatoms. The van der Waals surface area contributed by atoms with Gasteiger partial charge >= 0.3 is 0 Å². The maximum absolute atomic E-state index is 5.51. The fourth-order valence-corrected chi connectivity index (χ4v) is 5.47. The van der Waals surface area contributed by atoms with E-state index in [-0.39, 0.29) is 0 Å². The summed E-state index contributed by atoms with van der Waals surface area (Å²) in [5.41, 5.74) is 1.29. The fraction of sp³-hybridized carbons (Fsp3) is 0.556. The average molecular weight is 318 g/mol. The van der Waals surface area contributed by atoms with Crippen LogP contribution in [-0.2, 0) is 4.74 Å². The lowest BCUT2D eigenvalue weighted by Gasteiger charge is -2.32. The van der Waals surface area contributed by atoms with Crippen LogP contribution in [-0.4, -0.2) is 71.7 Å². The number of methoxy groups -OCH3 is 1. The highest BCUT2D eigenvalue weighted by Gasteiger charge is 2.18. The Morgan fingerprint density at radius 2 is 1.95 bits per heavy atom. The summed E-state index contributed by atoms with van der Waals surface area (Å²) in [4.78, 5) is 5.02. The molecule has 1 radical (unpaired) electrons. The maximum Gasteiger partial charge on any atom is 0.117 e. The monoisotopic (exact) mass is 317 g/mol. The van der Waals surface area contributed by atoms with Gasteiger partial charge in [-0.2, -0.15) is 0 Å². The molecule has 2 rings (SSSR count). The number of benzene rings is 1. The van der Waals surface area contributed by atoms with E-state index < -0.39 is 8.80 Å². The van der Waals surface area contributed by atoms with Gasteiger partial charge in [0.1, 0.15) is 8.80 Å². The van der Waals surface area contributed by atoms with E-state index in [0.29, 0.717) is 0 Å². The Bertz CT molecular complexity index is 458. The van der Waals surface area contributed by atoms with Crippen LogP contribution in [0.3, 0.4) is 0 Å². The average Bonchev–Trinajstić information content (AvgIpc) is 2.56. The van der Waals surface area contributed by atoms with Gasteiger partial charge in [-0.25, -0.2) is 0 Å². The van der Waals surface area contributed by atoms with Gasteiger partial charge in [0, 0.05) is 39.5 Å². The molecule has 0 atom stereocenters. The van der Waals surface area contributed by atoms with Crippen LogP contribution in [0, 0.1) is 0 Å². The van der Waals surface area contributed by atoms with Crippen LogP contribution in [0.15, 0.2) is 30.8 Å². The van der Waals surface area contributed by atoms with Crippen molar-refractivity contribution in [3.8, 4) is 0 Å². The van der Waals surface area contributed by atoms with Crippen LogP contribution >= 0.6 is 0 Å². The topological polar surface area (TPSA) is 15.7 Å². The third-order valence-electron chi connectivity index (χ3n) is 4.43. The van der Waals surface area contributed by atoms with Crippen LogP contribution in [0.25, 0.3) is 6.08 Å². The Balaban J connectivity index is 1.87. The van der Waals surface area contributed by atoms with Crippen molar-refractivity contribution in [2.45, 2.75) is 12.5 Å². The molecule has 0 N–H and O–H groups in total. The highest BCUT2D eigenvalue weighted by molar-refractivity contribution is 6.73. The Hall–Kier alpha value is -0.943. The normalized spacial score (nSPS) is 17.0. The van der Waals surface area contributed by atoms with Gasteiger partial charge in [0.05, 0.1) is 0 Å². The van der Waals surface area contributed by atoms with Gasteiger partial charge < -0.3 is 14.5 Å². The number of piperazine rings is 1. The largest absolute Gasteiger partial charge is 0.388 e. The van der Waals surface area contributed by atoms with E-state index in [2.05, 4.69) is 47.7 Å². The fourth-order valence-electron chi connectivity index (χ4n) is 3.04. The SMILES string of the molecule is C=Cc1ccccc1[Si](CCCN1CCN(C)CC1)COC. The van der Waals surface area contributed by atoms with E-state index in [4.69, 9.17) is 4.74 Å². The van der Waals surface area contributed by atoms with Gasteiger partial charge in [-0.1, -0.05) is 48.2 Å². The lowest BCUT2D eigenvalue weighted by Crippen LogP contribution is -2.45. The zero-order valence-electron chi connectivity index (χ0n) is 14.1. The minimum atomic E-state index is -0.656. The molecular weight excluding hydrogens is 288 g/mol. The molecule has 1 fully saturated rings. The molecule has 0 unspecified atom stereocenters. The first-order valence-electron chi connectivity index (χ1n) is 8.21. The molecule has 121 valence electrons. The minimum absolute atomic E-state index is 0.656. The molecule has 0 aromatic heterocycles. The molecule has 0 amide bonds. The summed E-state index contributed by atoms with van der Waals surface area (Å²) in [6, 6.07) is 9.94. The number of rotatable bonds is 8. The lowest BCUT2D eigenvalue weighted by molar-refractivity contribution is 0.154. The van der Waals surface area contributed by atoms with Gasteiger partial charge in [0.25, 0.3) is 0 Å². The molecule has 1 aliphatic rings. The molecule has 1 saturated heterocycles. The molecule has 0 aliphatic carbocycles. The Kier molecular flexibility index (Phi) is 7.32. The van der Waals surface area contributed by atoms with Crippen molar-refractivity contribution < 1.29 is 4.74 Å². The quantitative estimate of drug-likeness (QED) is 0.681. The number of hydrogen-bond acceptors (Lipinski definition) is 3. The second-order valence-corrected chi connectivity index (χ2v) is 8.61. The molecule has 0 bridgehead atoms. The van der Waals surface area contributed by atoms with Crippen molar-refractivity contribution in [3.05, 3.63) is 36.4 Å².